The number of piperazine rings is 1. The number of para-hydroxylation sites is 1. The molecule has 204 valence electrons. The Bertz CT molecular complexity index is 1840. The first-order chi connectivity index (χ1) is 19.3. The lowest BCUT2D eigenvalue weighted by Gasteiger charge is -2.28. The summed E-state index contributed by atoms with van der Waals surface area (Å²) < 4.78 is 32.5. The maximum absolute atomic E-state index is 14.1. The van der Waals surface area contributed by atoms with E-state index in [1.807, 2.05) is 0 Å². The van der Waals surface area contributed by atoms with Gasteiger partial charge in [-0.15, -0.1) is 5.92 Å². The number of nitrogens with zero attached hydrogens (tertiary/aromatic N) is 6. The molecule has 1 aliphatic heterocycles. The molecule has 2 aromatic carbocycles. The van der Waals surface area contributed by atoms with E-state index in [0.717, 1.165) is 13.1 Å². The van der Waals surface area contributed by atoms with Crippen LogP contribution < -0.4 is 25.7 Å². The van der Waals surface area contributed by atoms with Crippen molar-refractivity contribution in [1.82, 2.24) is 24.4 Å². The number of anilines is 1. The molecule has 0 unspecified atom stereocenters. The topological polar surface area (TPSA) is 142 Å². The van der Waals surface area contributed by atoms with Crippen LogP contribution in [0.5, 0.6) is 11.8 Å². The van der Waals surface area contributed by atoms with Crippen LogP contribution in [0.2, 0.25) is 0 Å². The molecule has 3 N–H and O–H groups in total. The van der Waals surface area contributed by atoms with Crippen LogP contribution in [-0.2, 0) is 23.1 Å². The fraction of sp³-hybridized carbons (Fsp3) is 0.259. The molecule has 3 heterocycles. The van der Waals surface area contributed by atoms with Gasteiger partial charge in [-0.05, 0) is 36.8 Å². The van der Waals surface area contributed by atoms with Gasteiger partial charge in [-0.2, -0.15) is 9.97 Å². The van der Waals surface area contributed by atoms with Gasteiger partial charge in [0.25, 0.3) is 5.56 Å². The van der Waals surface area contributed by atoms with Gasteiger partial charge in [-0.1, -0.05) is 30.2 Å². The Labute approximate surface area is 230 Å². The number of ether oxygens (including phenoxy) is 1. The number of rotatable bonds is 7. The molecular weight excluding hydrogens is 532 g/mol. The van der Waals surface area contributed by atoms with E-state index in [1.54, 1.807) is 35.8 Å². The van der Waals surface area contributed by atoms with Gasteiger partial charge in [0.05, 0.1) is 18.0 Å². The van der Waals surface area contributed by atoms with E-state index < -0.39 is 15.6 Å². The highest BCUT2D eigenvalue weighted by atomic mass is 32.2. The summed E-state index contributed by atoms with van der Waals surface area (Å²) in [5.41, 5.74) is 1.06. The summed E-state index contributed by atoms with van der Waals surface area (Å²) in [6.45, 7) is 12.5. The van der Waals surface area contributed by atoms with E-state index in [4.69, 9.17) is 21.4 Å². The summed E-state index contributed by atoms with van der Waals surface area (Å²) in [5.74, 6) is 6.74. The van der Waals surface area contributed by atoms with Crippen LogP contribution in [0.15, 0.2) is 58.2 Å². The quantitative estimate of drug-likeness (QED) is 0.259. The van der Waals surface area contributed by atoms with Crippen molar-refractivity contribution in [3.63, 3.8) is 0 Å². The van der Waals surface area contributed by atoms with Gasteiger partial charge in [-0.25, -0.2) is 18.4 Å². The third-order valence-electron chi connectivity index (χ3n) is 6.42. The summed E-state index contributed by atoms with van der Waals surface area (Å²) in [7, 11) is -3.89. The summed E-state index contributed by atoms with van der Waals surface area (Å²) in [5, 5.41) is 8.52. The highest BCUT2D eigenvalue weighted by molar-refractivity contribution is 7.89. The minimum Gasteiger partial charge on any atom is -0.425 e. The van der Waals surface area contributed by atoms with Crippen LogP contribution in [0.25, 0.3) is 16.0 Å². The first-order valence-electron chi connectivity index (χ1n) is 12.4. The number of nitrogens with one attached hydrogen (secondary N) is 1. The van der Waals surface area contributed by atoms with E-state index in [-0.39, 0.29) is 40.9 Å². The van der Waals surface area contributed by atoms with Crippen molar-refractivity contribution < 1.29 is 13.2 Å². The maximum atomic E-state index is 14.1. The normalized spacial score (nSPS) is 13.5. The van der Waals surface area contributed by atoms with Crippen LogP contribution >= 0.6 is 0 Å². The maximum Gasteiger partial charge on any atom is 0.307 e. The van der Waals surface area contributed by atoms with Gasteiger partial charge in [0.15, 0.2) is 16.9 Å². The van der Waals surface area contributed by atoms with E-state index in [0.29, 0.717) is 30.3 Å². The SMILES string of the molecule is [C-]#[N+]c1ccccc1Cn1c(Oc2ccc(S(N)(=O)=O)cc2)nc2nc(N3CCNCC3)n(CC#CC)c2c1=O. The monoisotopic (exact) mass is 558 g/mol. The van der Waals surface area contributed by atoms with Crippen molar-refractivity contribution in [1.29, 1.82) is 0 Å². The highest BCUT2D eigenvalue weighted by Crippen LogP contribution is 2.27. The molecule has 0 atom stereocenters. The first kappa shape index (κ1) is 26.9. The standard InChI is InChI=1S/C27H26N8O4S/c1-3-4-15-34-23-24(31-26(34)33-16-13-30-14-17-33)32-27(39-20-9-11-21(12-10-20)40(28,37)38)35(25(23)36)18-19-7-5-6-8-22(19)29-2/h5-12,30H,13-18H2,1H3,(H2,28,37,38). The minimum absolute atomic E-state index is 0.0124. The number of fused-ring (bicyclic) bond motifs is 1. The third-order valence-corrected chi connectivity index (χ3v) is 7.35. The van der Waals surface area contributed by atoms with Crippen LogP contribution in [0.1, 0.15) is 12.5 Å². The van der Waals surface area contributed by atoms with Crippen molar-refractivity contribution in [3.8, 4) is 23.6 Å². The van der Waals surface area contributed by atoms with E-state index in [2.05, 4.69) is 31.9 Å². The number of benzene rings is 2. The van der Waals surface area contributed by atoms with Crippen molar-refractivity contribution in [2.45, 2.75) is 24.9 Å². The second kappa shape index (κ2) is 11.2. The van der Waals surface area contributed by atoms with Crippen molar-refractivity contribution >= 4 is 32.8 Å². The number of hydrogen-bond acceptors (Lipinski definition) is 8. The van der Waals surface area contributed by atoms with Crippen LogP contribution in [-0.4, -0.2) is 53.7 Å². The van der Waals surface area contributed by atoms with Gasteiger partial charge in [0, 0.05) is 32.7 Å². The number of aromatic nitrogens is 4. The lowest BCUT2D eigenvalue weighted by molar-refractivity contribution is 0.407. The van der Waals surface area contributed by atoms with Gasteiger partial charge in [0.1, 0.15) is 5.75 Å². The molecule has 0 radical (unpaired) electrons. The molecule has 1 aliphatic rings. The molecule has 0 aliphatic carbocycles. The lowest BCUT2D eigenvalue weighted by Crippen LogP contribution is -2.44. The van der Waals surface area contributed by atoms with E-state index in [9.17, 15) is 13.2 Å². The van der Waals surface area contributed by atoms with Crippen LogP contribution in [0, 0.1) is 18.4 Å². The molecule has 0 saturated carbocycles. The van der Waals surface area contributed by atoms with Gasteiger partial charge in [-0.3, -0.25) is 13.9 Å². The molecule has 40 heavy (non-hydrogen) atoms. The molecule has 1 fully saturated rings. The molecular formula is C27H26N8O4S. The fourth-order valence-electron chi connectivity index (χ4n) is 4.44. The van der Waals surface area contributed by atoms with Crippen molar-refractivity contribution in [2.24, 2.45) is 5.14 Å². The number of primary sulfonamides is 1. The van der Waals surface area contributed by atoms with Crippen molar-refractivity contribution in [3.05, 3.63) is 75.9 Å². The summed E-state index contributed by atoms with van der Waals surface area (Å²) in [4.78, 5) is 29.1. The predicted molar refractivity (Wildman–Crippen MR) is 150 cm³/mol. The zero-order valence-electron chi connectivity index (χ0n) is 21.7. The molecule has 5 rings (SSSR count). The average Bonchev–Trinajstić information content (AvgIpc) is 3.32. The molecule has 12 nitrogen and oxygen atoms in total. The Morgan fingerprint density at radius 1 is 1.10 bits per heavy atom. The third kappa shape index (κ3) is 5.39. The second-order valence-corrected chi connectivity index (χ2v) is 10.5. The van der Waals surface area contributed by atoms with Crippen LogP contribution in [0.4, 0.5) is 11.6 Å². The van der Waals surface area contributed by atoms with Crippen molar-refractivity contribution in [2.75, 3.05) is 31.1 Å². The molecule has 13 heteroatoms. The largest absolute Gasteiger partial charge is 0.425 e. The number of hydrogen-bond donors (Lipinski definition) is 2. The smallest absolute Gasteiger partial charge is 0.307 e. The number of sulfonamides is 1. The summed E-state index contributed by atoms with van der Waals surface area (Å²) in [6, 6.07) is 12.4. The molecule has 0 spiro atoms. The van der Waals surface area contributed by atoms with Gasteiger partial charge >= 0.3 is 6.01 Å². The van der Waals surface area contributed by atoms with E-state index >= 15 is 0 Å². The Balaban J connectivity index is 1.69. The molecule has 0 bridgehead atoms. The summed E-state index contributed by atoms with van der Waals surface area (Å²) >= 11 is 0. The fourth-order valence-corrected chi connectivity index (χ4v) is 4.96. The van der Waals surface area contributed by atoms with Crippen LogP contribution in [0.3, 0.4) is 0 Å². The molecule has 2 aromatic heterocycles. The Morgan fingerprint density at radius 3 is 2.50 bits per heavy atom. The zero-order valence-corrected chi connectivity index (χ0v) is 22.5. The average molecular weight is 559 g/mol. The second-order valence-electron chi connectivity index (χ2n) is 8.98. The summed E-state index contributed by atoms with van der Waals surface area (Å²) in [6.07, 6.45) is 0. The Hall–Kier alpha value is -4.69. The predicted octanol–water partition coefficient (Wildman–Crippen LogP) is 2.06. The number of nitrogens with two attached hydrogens (primary N) is 1. The Morgan fingerprint density at radius 2 is 1.82 bits per heavy atom. The highest BCUT2D eigenvalue weighted by Gasteiger charge is 2.25. The zero-order chi connectivity index (χ0) is 28.3. The number of imidazole rings is 1. The Kier molecular flexibility index (Phi) is 7.53. The van der Waals surface area contributed by atoms with Gasteiger partial charge in [0.2, 0.25) is 16.0 Å². The van der Waals surface area contributed by atoms with E-state index in [1.165, 1.54) is 28.8 Å². The first-order valence-corrected chi connectivity index (χ1v) is 14.0. The lowest BCUT2D eigenvalue weighted by atomic mass is 10.2. The molecule has 0 amide bonds. The van der Waals surface area contributed by atoms with Gasteiger partial charge < -0.3 is 15.0 Å². The molecule has 4 aromatic rings. The minimum atomic E-state index is -3.89. The molecule has 1 saturated heterocycles.